The summed E-state index contributed by atoms with van der Waals surface area (Å²) in [6.45, 7) is 11.2. The molecule has 0 rings (SSSR count). The van der Waals surface area contributed by atoms with Crippen LogP contribution < -0.4 is 4.90 Å². The molecule has 0 saturated carbocycles. The van der Waals surface area contributed by atoms with Gasteiger partial charge >= 0.3 is 12.1 Å². The van der Waals surface area contributed by atoms with Crippen LogP contribution in [0, 0.1) is 0 Å². The van der Waals surface area contributed by atoms with Crippen LogP contribution in [0.25, 0.3) is 0 Å². The fraction of sp³-hybridized carbons (Fsp3) is 0.957. The molecular weight excluding hydrogens is 663 g/mol. The number of aliphatic hydroxyl groups is 1. The third-order valence-corrected chi connectivity index (χ3v) is 10.8. The highest BCUT2D eigenvalue weighted by atomic mass is 16.7. The van der Waals surface area contributed by atoms with Gasteiger partial charge in [0.2, 0.25) is 0 Å². The van der Waals surface area contributed by atoms with Crippen LogP contribution in [0.5, 0.6) is 0 Å². The molecule has 0 fully saturated rings. The fourth-order valence-corrected chi connectivity index (χ4v) is 7.28. The summed E-state index contributed by atoms with van der Waals surface area (Å²) in [5.74, 6) is -0.0214. The molecule has 0 aliphatic carbocycles. The van der Waals surface area contributed by atoms with Gasteiger partial charge < -0.3 is 24.2 Å². The maximum absolute atomic E-state index is 12.5. The molecule has 316 valence electrons. The first-order valence-electron chi connectivity index (χ1n) is 23.5. The van der Waals surface area contributed by atoms with Crippen molar-refractivity contribution in [3.63, 3.8) is 0 Å². The minimum absolute atomic E-state index is 0.00536. The molecule has 2 unspecified atom stereocenters. The summed E-state index contributed by atoms with van der Waals surface area (Å²) in [7, 11) is 0. The number of ether oxygens (including phenoxy) is 3. The predicted octanol–water partition coefficient (Wildman–Crippen LogP) is 12.3. The smallest absolute Gasteiger partial charge is 0.466 e. The lowest BCUT2D eigenvalue weighted by molar-refractivity contribution is -0.901. The maximum atomic E-state index is 12.5. The van der Waals surface area contributed by atoms with Crippen molar-refractivity contribution in [2.45, 2.75) is 245 Å². The van der Waals surface area contributed by atoms with Gasteiger partial charge in [-0.2, -0.15) is 0 Å². The van der Waals surface area contributed by atoms with Crippen molar-refractivity contribution in [3.8, 4) is 0 Å². The van der Waals surface area contributed by atoms with E-state index in [4.69, 9.17) is 14.2 Å². The number of carbonyl (C=O) groups excluding carboxylic acids is 2. The van der Waals surface area contributed by atoms with Gasteiger partial charge in [-0.3, -0.25) is 4.79 Å². The van der Waals surface area contributed by atoms with E-state index in [1.54, 1.807) is 0 Å². The molecule has 7 heteroatoms. The van der Waals surface area contributed by atoms with E-state index < -0.39 is 6.16 Å². The van der Waals surface area contributed by atoms with E-state index in [2.05, 4.69) is 20.8 Å². The fourth-order valence-electron chi connectivity index (χ4n) is 7.28. The van der Waals surface area contributed by atoms with Gasteiger partial charge in [-0.25, -0.2) is 4.79 Å². The third kappa shape index (κ3) is 40.1. The van der Waals surface area contributed by atoms with Crippen LogP contribution in [0.1, 0.15) is 239 Å². The van der Waals surface area contributed by atoms with Gasteiger partial charge in [-0.15, -0.1) is 0 Å². The van der Waals surface area contributed by atoms with Gasteiger partial charge in [-0.1, -0.05) is 162 Å². The van der Waals surface area contributed by atoms with Crippen molar-refractivity contribution in [2.75, 3.05) is 39.5 Å². The molecule has 0 aliphatic heterocycles. The Morgan fingerprint density at radius 3 is 1.30 bits per heavy atom. The SMILES string of the molecule is CCCCCCCCCCCC(CCCCCC)OC(=O)OCCCCCCCC[NH+](CCO)CCCCCCCCCC(=O)OCCCCCCC. The van der Waals surface area contributed by atoms with E-state index in [-0.39, 0.29) is 18.7 Å². The van der Waals surface area contributed by atoms with Crippen LogP contribution in [0.2, 0.25) is 0 Å². The van der Waals surface area contributed by atoms with Gasteiger partial charge in [0.05, 0.1) is 32.9 Å². The molecule has 0 bridgehead atoms. The molecule has 7 nitrogen and oxygen atoms in total. The van der Waals surface area contributed by atoms with Gasteiger partial charge in [0.25, 0.3) is 0 Å². The zero-order valence-corrected chi connectivity index (χ0v) is 35.9. The average Bonchev–Trinajstić information content (AvgIpc) is 3.15. The molecule has 2 N–H and O–H groups in total. The summed E-state index contributed by atoms with van der Waals surface area (Å²) in [6, 6.07) is 0. The summed E-state index contributed by atoms with van der Waals surface area (Å²) in [6.07, 6.45) is 39.6. The second-order valence-corrected chi connectivity index (χ2v) is 16.0. The van der Waals surface area contributed by atoms with Crippen LogP contribution in [-0.2, 0) is 19.0 Å². The van der Waals surface area contributed by atoms with Gasteiger partial charge in [0, 0.05) is 6.42 Å². The molecule has 0 aromatic rings. The van der Waals surface area contributed by atoms with E-state index in [9.17, 15) is 14.7 Å². The number of aliphatic hydroxyl groups excluding tert-OH is 1. The van der Waals surface area contributed by atoms with Crippen molar-refractivity contribution < 1.29 is 33.8 Å². The molecule has 0 saturated heterocycles. The number of hydrogen-bond acceptors (Lipinski definition) is 6. The number of rotatable bonds is 43. The Labute approximate surface area is 329 Å². The minimum atomic E-state index is -0.467. The first kappa shape index (κ1) is 51.7. The quantitative estimate of drug-likeness (QED) is 0.0476. The Bertz CT molecular complexity index is 750. The molecule has 0 spiro atoms. The summed E-state index contributed by atoms with van der Waals surface area (Å²) < 4.78 is 16.6. The monoisotopic (exact) mass is 755 g/mol. The summed E-state index contributed by atoms with van der Waals surface area (Å²) in [5, 5.41) is 9.55. The number of carbonyl (C=O) groups is 2. The first-order valence-corrected chi connectivity index (χ1v) is 23.5. The highest BCUT2D eigenvalue weighted by molar-refractivity contribution is 5.69. The van der Waals surface area contributed by atoms with Crippen molar-refractivity contribution >= 4 is 12.1 Å². The molecule has 0 aliphatic rings. The highest BCUT2D eigenvalue weighted by Crippen LogP contribution is 2.18. The third-order valence-electron chi connectivity index (χ3n) is 10.8. The van der Waals surface area contributed by atoms with Crippen LogP contribution in [0.4, 0.5) is 4.79 Å². The standard InChI is InChI=1S/C46H91NO6/c1-4-7-10-13-14-15-17-22-29-36-44(35-28-12-9-6-3)53-46(50)52-43-34-27-21-20-25-32-39-47(40-41-48)38-31-24-19-16-18-23-30-37-45(49)51-42-33-26-11-8-5-2/h44,48H,4-43H2,1-3H3/p+1. The summed E-state index contributed by atoms with van der Waals surface area (Å²) >= 11 is 0. The zero-order chi connectivity index (χ0) is 38.7. The lowest BCUT2D eigenvalue weighted by Gasteiger charge is -2.18. The van der Waals surface area contributed by atoms with Crippen LogP contribution in [0.3, 0.4) is 0 Å². The highest BCUT2D eigenvalue weighted by Gasteiger charge is 2.15. The largest absolute Gasteiger partial charge is 0.508 e. The molecule has 0 aromatic heterocycles. The first-order chi connectivity index (χ1) is 26.1. The van der Waals surface area contributed by atoms with E-state index in [1.165, 1.54) is 159 Å². The van der Waals surface area contributed by atoms with E-state index in [0.29, 0.717) is 19.6 Å². The topological polar surface area (TPSA) is 86.5 Å². The van der Waals surface area contributed by atoms with E-state index in [0.717, 1.165) is 77.4 Å². The molecule has 2 atom stereocenters. The molecule has 0 radical (unpaired) electrons. The van der Waals surface area contributed by atoms with Gasteiger partial charge in [0.15, 0.2) is 0 Å². The van der Waals surface area contributed by atoms with Gasteiger partial charge in [-0.05, 0) is 70.6 Å². The zero-order valence-electron chi connectivity index (χ0n) is 35.9. The second-order valence-electron chi connectivity index (χ2n) is 16.0. The van der Waals surface area contributed by atoms with Crippen molar-refractivity contribution in [1.29, 1.82) is 0 Å². The molecule has 0 amide bonds. The normalized spacial score (nSPS) is 12.5. The Kier molecular flexibility index (Phi) is 42.3. The Hall–Kier alpha value is -1.34. The van der Waals surface area contributed by atoms with E-state index >= 15 is 0 Å². The number of esters is 1. The van der Waals surface area contributed by atoms with Crippen molar-refractivity contribution in [1.82, 2.24) is 0 Å². The van der Waals surface area contributed by atoms with Crippen LogP contribution in [-0.4, -0.2) is 62.8 Å². The molecular formula is C46H92NO6+. The minimum Gasteiger partial charge on any atom is -0.466 e. The summed E-state index contributed by atoms with van der Waals surface area (Å²) in [5.41, 5.74) is 0. The Balaban J connectivity index is 3.84. The lowest BCUT2D eigenvalue weighted by Crippen LogP contribution is -3.12. The molecule has 0 heterocycles. The average molecular weight is 755 g/mol. The van der Waals surface area contributed by atoms with Crippen molar-refractivity contribution in [2.24, 2.45) is 0 Å². The number of quaternary nitrogens is 1. The Morgan fingerprint density at radius 1 is 0.453 bits per heavy atom. The number of unbranched alkanes of at least 4 members (excludes halogenated alkanes) is 26. The van der Waals surface area contributed by atoms with E-state index in [1.807, 2.05) is 0 Å². The van der Waals surface area contributed by atoms with Crippen LogP contribution >= 0.6 is 0 Å². The van der Waals surface area contributed by atoms with Crippen molar-refractivity contribution in [3.05, 3.63) is 0 Å². The predicted molar refractivity (Wildman–Crippen MR) is 224 cm³/mol. The number of hydrogen-bond donors (Lipinski definition) is 2. The summed E-state index contributed by atoms with van der Waals surface area (Å²) in [4.78, 5) is 25.9. The lowest BCUT2D eigenvalue weighted by atomic mass is 10.0. The second kappa shape index (κ2) is 43.4. The number of nitrogens with one attached hydrogen (secondary N) is 1. The Morgan fingerprint density at radius 2 is 0.830 bits per heavy atom. The van der Waals surface area contributed by atoms with Crippen LogP contribution in [0.15, 0.2) is 0 Å². The molecule has 0 aromatic carbocycles. The maximum Gasteiger partial charge on any atom is 0.508 e. The van der Waals surface area contributed by atoms with Gasteiger partial charge in [0.1, 0.15) is 12.6 Å². The molecule has 53 heavy (non-hydrogen) atoms.